The topological polar surface area (TPSA) is 46.9 Å². The number of fused-ring (bicyclic) bond motifs is 1. The van der Waals surface area contributed by atoms with Crippen LogP contribution in [0.2, 0.25) is 5.02 Å². The Kier molecular flexibility index (Phi) is 5.06. The molecule has 33 heavy (non-hydrogen) atoms. The van der Waals surface area contributed by atoms with Gasteiger partial charge in [-0.3, -0.25) is 9.48 Å². The molecule has 2 aromatic carbocycles. The average Bonchev–Trinajstić information content (AvgIpc) is 3.16. The first kappa shape index (κ1) is 21.2. The number of hydrogen-bond acceptors (Lipinski definition) is 2. The molecule has 0 spiro atoms. The molecule has 0 radical (unpaired) electrons. The number of nitrogens with zero attached hydrogens (tertiary/aromatic N) is 2. The van der Waals surface area contributed by atoms with Crippen LogP contribution in [-0.2, 0) is 4.79 Å². The number of amides is 1. The molecule has 4 nitrogen and oxygen atoms in total. The fourth-order valence-electron chi connectivity index (χ4n) is 7.52. The lowest BCUT2D eigenvalue weighted by Crippen LogP contribution is -2.56. The predicted octanol–water partition coefficient (Wildman–Crippen LogP) is 6.64. The molecule has 1 heterocycles. The summed E-state index contributed by atoms with van der Waals surface area (Å²) in [6, 6.07) is 15.7. The molecule has 4 saturated carbocycles. The summed E-state index contributed by atoms with van der Waals surface area (Å²) in [6.07, 6.45) is 8.11. The lowest BCUT2D eigenvalue weighted by molar-refractivity contribution is -0.128. The van der Waals surface area contributed by atoms with Crippen molar-refractivity contribution in [2.24, 2.45) is 23.2 Å². The SMILES string of the molecule is C[C@@H](C(=O)N[C@H](C)C12CC3CC(CC(C3)C1)C2)n1nc(-c2ccccc2)c2cc(Cl)ccc21. The van der Waals surface area contributed by atoms with E-state index in [1.807, 2.05) is 60.1 Å². The molecule has 1 aromatic heterocycles. The Morgan fingerprint density at radius 1 is 1.03 bits per heavy atom. The van der Waals surface area contributed by atoms with Gasteiger partial charge in [0.05, 0.1) is 5.52 Å². The summed E-state index contributed by atoms with van der Waals surface area (Å²) in [7, 11) is 0. The van der Waals surface area contributed by atoms with Gasteiger partial charge >= 0.3 is 0 Å². The molecule has 5 heteroatoms. The molecule has 172 valence electrons. The number of rotatable bonds is 5. The van der Waals surface area contributed by atoms with Crippen molar-refractivity contribution in [3.63, 3.8) is 0 Å². The number of nitrogens with one attached hydrogen (secondary N) is 1. The highest BCUT2D eigenvalue weighted by molar-refractivity contribution is 6.31. The Morgan fingerprint density at radius 3 is 2.30 bits per heavy atom. The van der Waals surface area contributed by atoms with E-state index in [1.54, 1.807) is 0 Å². The molecule has 0 saturated heterocycles. The first-order chi connectivity index (χ1) is 15.9. The highest BCUT2D eigenvalue weighted by Crippen LogP contribution is 2.61. The van der Waals surface area contributed by atoms with Crippen molar-refractivity contribution in [3.8, 4) is 11.3 Å². The van der Waals surface area contributed by atoms with Gasteiger partial charge in [-0.2, -0.15) is 5.10 Å². The summed E-state index contributed by atoms with van der Waals surface area (Å²) in [4.78, 5) is 13.5. The second-order valence-electron chi connectivity index (χ2n) is 11.0. The summed E-state index contributed by atoms with van der Waals surface area (Å²) in [5.74, 6) is 2.68. The van der Waals surface area contributed by atoms with Crippen molar-refractivity contribution in [2.45, 2.75) is 64.5 Å². The molecule has 1 N–H and O–H groups in total. The lowest BCUT2D eigenvalue weighted by atomic mass is 9.48. The van der Waals surface area contributed by atoms with Crippen molar-refractivity contribution in [1.29, 1.82) is 0 Å². The van der Waals surface area contributed by atoms with Gasteiger partial charge in [0.2, 0.25) is 5.91 Å². The maximum Gasteiger partial charge on any atom is 0.244 e. The third-order valence-corrected chi connectivity index (χ3v) is 9.06. The number of halogens is 1. The zero-order chi connectivity index (χ0) is 22.7. The maximum absolute atomic E-state index is 13.5. The van der Waals surface area contributed by atoms with Gasteiger partial charge in [0.1, 0.15) is 11.7 Å². The summed E-state index contributed by atoms with van der Waals surface area (Å²) >= 11 is 6.33. The molecule has 0 aliphatic heterocycles. The Hall–Kier alpha value is -2.33. The van der Waals surface area contributed by atoms with Crippen LogP contribution in [0.3, 0.4) is 0 Å². The summed E-state index contributed by atoms with van der Waals surface area (Å²) in [5.41, 5.74) is 3.11. The molecule has 4 aliphatic carbocycles. The Bertz CT molecular complexity index is 1170. The van der Waals surface area contributed by atoms with E-state index in [4.69, 9.17) is 16.7 Å². The number of hydrogen-bond donors (Lipinski definition) is 1. The van der Waals surface area contributed by atoms with Crippen LogP contribution in [-0.4, -0.2) is 21.7 Å². The van der Waals surface area contributed by atoms with Crippen molar-refractivity contribution < 1.29 is 4.79 Å². The fourth-order valence-corrected chi connectivity index (χ4v) is 7.70. The molecule has 3 aromatic rings. The minimum atomic E-state index is -0.400. The normalized spacial score (nSPS) is 29.8. The van der Waals surface area contributed by atoms with Gasteiger partial charge in [0, 0.05) is 22.0 Å². The van der Waals surface area contributed by atoms with Crippen molar-refractivity contribution in [1.82, 2.24) is 15.1 Å². The standard InChI is InChI=1S/C28H32ClN3O/c1-17(27(33)30-18(2)28-14-19-10-20(15-28)12-21(11-19)16-28)32-25-9-8-23(29)13-24(25)26(31-32)22-6-4-3-5-7-22/h3-9,13,17-21H,10-12,14-16H2,1-2H3,(H,30,33)/t17-,18+,19?,20?,21?,28?/m0/s1. The van der Waals surface area contributed by atoms with Gasteiger partial charge in [-0.15, -0.1) is 0 Å². The maximum atomic E-state index is 13.5. The van der Waals surface area contributed by atoms with Crippen molar-refractivity contribution in [2.75, 3.05) is 0 Å². The van der Waals surface area contributed by atoms with Gasteiger partial charge in [-0.05, 0) is 93.7 Å². The van der Waals surface area contributed by atoms with E-state index in [2.05, 4.69) is 12.2 Å². The monoisotopic (exact) mass is 461 g/mol. The Morgan fingerprint density at radius 2 is 1.67 bits per heavy atom. The molecule has 4 fully saturated rings. The smallest absolute Gasteiger partial charge is 0.244 e. The van der Waals surface area contributed by atoms with Gasteiger partial charge in [-0.1, -0.05) is 41.9 Å². The second-order valence-corrected chi connectivity index (χ2v) is 11.4. The van der Waals surface area contributed by atoms with E-state index in [0.717, 1.165) is 39.9 Å². The second kappa shape index (κ2) is 7.87. The molecular formula is C28H32ClN3O. The van der Waals surface area contributed by atoms with Crippen molar-refractivity contribution in [3.05, 3.63) is 53.6 Å². The van der Waals surface area contributed by atoms with Crippen LogP contribution in [0.25, 0.3) is 22.2 Å². The van der Waals surface area contributed by atoms with Crippen LogP contribution in [0, 0.1) is 23.2 Å². The Balaban J connectivity index is 1.29. The van der Waals surface area contributed by atoms with E-state index in [0.29, 0.717) is 10.4 Å². The third-order valence-electron chi connectivity index (χ3n) is 8.82. The average molecular weight is 462 g/mol. The summed E-state index contributed by atoms with van der Waals surface area (Å²) in [6.45, 7) is 4.20. The van der Waals surface area contributed by atoms with Crippen LogP contribution >= 0.6 is 11.6 Å². The van der Waals surface area contributed by atoms with Gasteiger partial charge in [0.25, 0.3) is 0 Å². The van der Waals surface area contributed by atoms with Crippen LogP contribution < -0.4 is 5.32 Å². The molecule has 4 aliphatic rings. The van der Waals surface area contributed by atoms with Gasteiger partial charge < -0.3 is 5.32 Å². The third kappa shape index (κ3) is 3.58. The molecule has 4 bridgehead atoms. The quantitative estimate of drug-likeness (QED) is 0.463. The zero-order valence-electron chi connectivity index (χ0n) is 19.4. The van der Waals surface area contributed by atoms with E-state index >= 15 is 0 Å². The molecular weight excluding hydrogens is 430 g/mol. The first-order valence-corrected chi connectivity index (χ1v) is 12.8. The van der Waals surface area contributed by atoms with E-state index < -0.39 is 6.04 Å². The Labute approximate surface area is 200 Å². The van der Waals surface area contributed by atoms with E-state index in [9.17, 15) is 4.79 Å². The highest BCUT2D eigenvalue weighted by Gasteiger charge is 2.53. The first-order valence-electron chi connectivity index (χ1n) is 12.5. The zero-order valence-corrected chi connectivity index (χ0v) is 20.2. The van der Waals surface area contributed by atoms with Crippen molar-refractivity contribution >= 4 is 28.4 Å². The number of carbonyl (C=O) groups is 1. The summed E-state index contributed by atoms with van der Waals surface area (Å²) in [5, 5.41) is 10.0. The van der Waals surface area contributed by atoms with Gasteiger partial charge in [-0.25, -0.2) is 0 Å². The lowest BCUT2D eigenvalue weighted by Gasteiger charge is -2.59. The van der Waals surface area contributed by atoms with Gasteiger partial charge in [0.15, 0.2) is 0 Å². The minimum Gasteiger partial charge on any atom is -0.351 e. The van der Waals surface area contributed by atoms with E-state index in [1.165, 1.54) is 38.5 Å². The molecule has 2 atom stereocenters. The fraction of sp³-hybridized carbons (Fsp3) is 0.500. The molecule has 0 unspecified atom stereocenters. The highest BCUT2D eigenvalue weighted by atomic mass is 35.5. The van der Waals surface area contributed by atoms with Crippen LogP contribution in [0.1, 0.15) is 58.4 Å². The number of carbonyl (C=O) groups excluding carboxylic acids is 1. The number of benzene rings is 2. The predicted molar refractivity (Wildman–Crippen MR) is 133 cm³/mol. The summed E-state index contributed by atoms with van der Waals surface area (Å²) < 4.78 is 1.87. The largest absolute Gasteiger partial charge is 0.351 e. The number of aromatic nitrogens is 2. The molecule has 1 amide bonds. The van der Waals surface area contributed by atoms with Crippen LogP contribution in [0.4, 0.5) is 0 Å². The molecule has 7 rings (SSSR count). The van der Waals surface area contributed by atoms with Crippen LogP contribution in [0.15, 0.2) is 48.5 Å². The minimum absolute atomic E-state index is 0.0530. The van der Waals surface area contributed by atoms with Crippen LogP contribution in [0.5, 0.6) is 0 Å². The van der Waals surface area contributed by atoms with E-state index in [-0.39, 0.29) is 11.9 Å².